The average Bonchev–Trinajstić information content (AvgIpc) is 2.41. The van der Waals surface area contributed by atoms with Crippen LogP contribution < -0.4 is 0 Å². The van der Waals surface area contributed by atoms with E-state index in [9.17, 15) is 0 Å². The first kappa shape index (κ1) is 11.3. The lowest BCUT2D eigenvalue weighted by Gasteiger charge is -2.14. The molecule has 1 saturated heterocycles. The Morgan fingerprint density at radius 3 is 2.38 bits per heavy atom. The minimum atomic E-state index is 0.604. The van der Waals surface area contributed by atoms with E-state index < -0.39 is 0 Å². The van der Waals surface area contributed by atoms with Crippen LogP contribution in [0.25, 0.3) is 0 Å². The maximum Gasteiger partial charge on any atom is 0.0602 e. The summed E-state index contributed by atoms with van der Waals surface area (Å²) in [6.07, 6.45) is 0. The van der Waals surface area contributed by atoms with Crippen LogP contribution in [0, 0.1) is 11.8 Å². The van der Waals surface area contributed by atoms with Crippen molar-refractivity contribution in [2.24, 2.45) is 11.8 Å². The summed E-state index contributed by atoms with van der Waals surface area (Å²) in [5, 5.41) is 0. The van der Waals surface area contributed by atoms with Gasteiger partial charge in [0.2, 0.25) is 0 Å². The van der Waals surface area contributed by atoms with Crippen LogP contribution in [-0.2, 0) is 4.74 Å². The third-order valence-corrected chi connectivity index (χ3v) is 2.99. The molecule has 0 N–H and O–H groups in total. The predicted molar refractivity (Wildman–Crippen MR) is 56.3 cm³/mol. The number of rotatable bonds is 5. The Kier molecular flexibility index (Phi) is 5.07. The number of alkyl halides is 1. The molecule has 3 heteroatoms. The van der Waals surface area contributed by atoms with E-state index in [-0.39, 0.29) is 0 Å². The maximum absolute atomic E-state index is 5.50. The number of ether oxygens (including phenoxy) is 1. The van der Waals surface area contributed by atoms with Gasteiger partial charge < -0.3 is 9.64 Å². The van der Waals surface area contributed by atoms with Gasteiger partial charge in [-0.15, -0.1) is 11.6 Å². The molecule has 2 atom stereocenters. The summed E-state index contributed by atoms with van der Waals surface area (Å²) in [4.78, 5) is 2.48. The quantitative estimate of drug-likeness (QED) is 0.502. The number of nitrogens with zero attached hydrogens (tertiary/aromatic N) is 1. The smallest absolute Gasteiger partial charge is 0.0602 e. The lowest BCUT2D eigenvalue weighted by molar-refractivity contribution is 0.121. The molecule has 1 rings (SSSR count). The van der Waals surface area contributed by atoms with Crippen molar-refractivity contribution >= 4 is 11.6 Å². The fourth-order valence-corrected chi connectivity index (χ4v) is 1.89. The molecule has 1 heterocycles. The largest absolute Gasteiger partial charge is 0.379 e. The van der Waals surface area contributed by atoms with Gasteiger partial charge in [-0.3, -0.25) is 0 Å². The monoisotopic (exact) mass is 205 g/mol. The van der Waals surface area contributed by atoms with Gasteiger partial charge in [-0.2, -0.15) is 0 Å². The van der Waals surface area contributed by atoms with Gasteiger partial charge in [-0.1, -0.05) is 13.8 Å². The van der Waals surface area contributed by atoms with Gasteiger partial charge in [0.05, 0.1) is 13.2 Å². The highest BCUT2D eigenvalue weighted by atomic mass is 35.5. The highest BCUT2D eigenvalue weighted by Crippen LogP contribution is 2.21. The van der Waals surface area contributed by atoms with E-state index >= 15 is 0 Å². The minimum Gasteiger partial charge on any atom is -0.379 e. The zero-order chi connectivity index (χ0) is 9.68. The van der Waals surface area contributed by atoms with E-state index in [4.69, 9.17) is 16.3 Å². The van der Waals surface area contributed by atoms with Gasteiger partial charge in [0.1, 0.15) is 0 Å². The van der Waals surface area contributed by atoms with Gasteiger partial charge in [-0.25, -0.2) is 0 Å². The lowest BCUT2D eigenvalue weighted by Crippen LogP contribution is -2.25. The fourth-order valence-electron chi connectivity index (χ4n) is 1.78. The fraction of sp³-hybridized carbons (Fsp3) is 1.00. The second-order valence-electron chi connectivity index (χ2n) is 4.02. The summed E-state index contributed by atoms with van der Waals surface area (Å²) >= 11 is 5.50. The van der Waals surface area contributed by atoms with Crippen molar-refractivity contribution in [1.29, 1.82) is 0 Å². The molecule has 0 amide bonds. The Morgan fingerprint density at radius 1 is 1.23 bits per heavy atom. The molecule has 78 valence electrons. The molecule has 0 radical (unpaired) electrons. The average molecular weight is 206 g/mol. The standard InChI is InChI=1S/C10H20ClNO/c1-9-7-12(8-10(9)2)4-6-13-5-3-11/h9-10H,3-8H2,1-2H3. The van der Waals surface area contributed by atoms with E-state index in [1.165, 1.54) is 13.1 Å². The first-order valence-corrected chi connectivity index (χ1v) is 5.63. The summed E-state index contributed by atoms with van der Waals surface area (Å²) < 4.78 is 5.34. The topological polar surface area (TPSA) is 12.5 Å². The second-order valence-corrected chi connectivity index (χ2v) is 4.39. The number of likely N-dealkylation sites (tertiary alicyclic amines) is 1. The molecular formula is C10H20ClNO. The Morgan fingerprint density at radius 2 is 1.85 bits per heavy atom. The molecule has 2 nitrogen and oxygen atoms in total. The van der Waals surface area contributed by atoms with E-state index in [0.717, 1.165) is 25.0 Å². The highest BCUT2D eigenvalue weighted by molar-refractivity contribution is 6.17. The molecule has 0 aromatic carbocycles. The molecule has 2 unspecified atom stereocenters. The summed E-state index contributed by atoms with van der Waals surface area (Å²) in [5.41, 5.74) is 0. The molecule has 0 spiro atoms. The van der Waals surface area contributed by atoms with Crippen LogP contribution in [0.5, 0.6) is 0 Å². The third-order valence-electron chi connectivity index (χ3n) is 2.84. The zero-order valence-corrected chi connectivity index (χ0v) is 9.39. The molecule has 13 heavy (non-hydrogen) atoms. The van der Waals surface area contributed by atoms with Crippen molar-refractivity contribution in [3.63, 3.8) is 0 Å². The normalized spacial score (nSPS) is 29.8. The van der Waals surface area contributed by atoms with Crippen molar-refractivity contribution in [2.75, 3.05) is 38.7 Å². The third kappa shape index (κ3) is 3.84. The van der Waals surface area contributed by atoms with Crippen LogP contribution in [-0.4, -0.2) is 43.6 Å². The molecule has 0 aromatic rings. The van der Waals surface area contributed by atoms with Crippen molar-refractivity contribution in [1.82, 2.24) is 4.90 Å². The summed E-state index contributed by atoms with van der Waals surface area (Å²) in [6.45, 7) is 9.67. The molecule has 1 fully saturated rings. The lowest BCUT2D eigenvalue weighted by atomic mass is 10.0. The van der Waals surface area contributed by atoms with Crippen molar-refractivity contribution in [3.8, 4) is 0 Å². The van der Waals surface area contributed by atoms with Crippen LogP contribution >= 0.6 is 11.6 Å². The summed E-state index contributed by atoms with van der Waals surface area (Å²) in [7, 11) is 0. The van der Waals surface area contributed by atoms with Crippen LogP contribution in [0.3, 0.4) is 0 Å². The van der Waals surface area contributed by atoms with E-state index in [2.05, 4.69) is 18.7 Å². The SMILES string of the molecule is CC1CN(CCOCCCl)CC1C. The molecule has 1 aliphatic heterocycles. The molecule has 1 aliphatic rings. The van der Waals surface area contributed by atoms with Crippen LogP contribution in [0.1, 0.15) is 13.8 Å². The molecule has 0 aromatic heterocycles. The summed E-state index contributed by atoms with van der Waals surface area (Å²) in [5.74, 6) is 2.29. The van der Waals surface area contributed by atoms with E-state index in [1.54, 1.807) is 0 Å². The Labute approximate surface area is 86.2 Å². The van der Waals surface area contributed by atoms with Gasteiger partial charge >= 0.3 is 0 Å². The van der Waals surface area contributed by atoms with Crippen LogP contribution in [0.2, 0.25) is 0 Å². The Balaban J connectivity index is 2.03. The first-order chi connectivity index (χ1) is 6.24. The molecule has 0 saturated carbocycles. The first-order valence-electron chi connectivity index (χ1n) is 5.10. The van der Waals surface area contributed by atoms with Gasteiger partial charge in [0.25, 0.3) is 0 Å². The van der Waals surface area contributed by atoms with Crippen LogP contribution in [0.15, 0.2) is 0 Å². The highest BCUT2D eigenvalue weighted by Gasteiger charge is 2.25. The van der Waals surface area contributed by atoms with Crippen molar-refractivity contribution < 1.29 is 4.74 Å². The Bertz CT molecular complexity index is 133. The molecule has 0 aliphatic carbocycles. The number of halogens is 1. The predicted octanol–water partition coefficient (Wildman–Crippen LogP) is 1.83. The van der Waals surface area contributed by atoms with E-state index in [1.807, 2.05) is 0 Å². The van der Waals surface area contributed by atoms with Gasteiger partial charge in [-0.05, 0) is 11.8 Å². The van der Waals surface area contributed by atoms with Crippen LogP contribution in [0.4, 0.5) is 0 Å². The van der Waals surface area contributed by atoms with Gasteiger partial charge in [0, 0.05) is 25.5 Å². The van der Waals surface area contributed by atoms with Gasteiger partial charge in [0.15, 0.2) is 0 Å². The maximum atomic E-state index is 5.50. The number of hydrogen-bond donors (Lipinski definition) is 0. The zero-order valence-electron chi connectivity index (χ0n) is 8.63. The number of hydrogen-bond acceptors (Lipinski definition) is 2. The Hall–Kier alpha value is 0.210. The van der Waals surface area contributed by atoms with E-state index in [0.29, 0.717) is 12.5 Å². The minimum absolute atomic E-state index is 0.604. The molecular weight excluding hydrogens is 186 g/mol. The van der Waals surface area contributed by atoms with Crippen molar-refractivity contribution in [3.05, 3.63) is 0 Å². The second kappa shape index (κ2) is 5.84. The summed E-state index contributed by atoms with van der Waals surface area (Å²) in [6, 6.07) is 0. The molecule has 0 bridgehead atoms. The van der Waals surface area contributed by atoms with Crippen molar-refractivity contribution in [2.45, 2.75) is 13.8 Å².